The van der Waals surface area contributed by atoms with Crippen LogP contribution in [0, 0.1) is 22.0 Å². The Labute approximate surface area is 264 Å². The number of nitro groups is 1. The molecule has 0 radical (unpaired) electrons. The van der Waals surface area contributed by atoms with E-state index < -0.39 is 39.4 Å². The zero-order chi connectivity index (χ0) is 31.6. The van der Waals surface area contributed by atoms with Crippen LogP contribution in [-0.2, 0) is 25.2 Å². The number of imide groups is 1. The summed E-state index contributed by atoms with van der Waals surface area (Å²) in [6, 6.07) is 43.3. The van der Waals surface area contributed by atoms with Gasteiger partial charge in [-0.05, 0) is 39.5 Å². The van der Waals surface area contributed by atoms with Crippen molar-refractivity contribution in [3.05, 3.63) is 178 Å². The number of hydrogen-bond acceptors (Lipinski definition) is 5. The third-order valence-electron chi connectivity index (χ3n) is 9.90. The van der Waals surface area contributed by atoms with Crippen molar-refractivity contribution in [1.82, 2.24) is 0 Å². The number of anilines is 1. The predicted molar refractivity (Wildman–Crippen MR) is 174 cm³/mol. The molecule has 5 aromatic rings. The average Bonchev–Trinajstić information content (AvgIpc) is 3.61. The van der Waals surface area contributed by atoms with Crippen molar-refractivity contribution >= 4 is 40.1 Å². The lowest BCUT2D eigenvalue weighted by Gasteiger charge is -2.39. The molecule has 0 unspecified atom stereocenters. The molecule has 0 spiro atoms. The molecule has 1 saturated carbocycles. The van der Waals surface area contributed by atoms with E-state index in [1.165, 1.54) is 18.2 Å². The molecule has 0 N–H and O–H groups in total. The first kappa shape index (κ1) is 27.6. The topological polar surface area (TPSA) is 97.6 Å². The second-order valence-electron chi connectivity index (χ2n) is 11.9. The molecule has 8 rings (SSSR count). The maximum Gasteiger partial charge on any atom is 0.293 e. The molecule has 2 aliphatic carbocycles. The average molecular weight is 603 g/mol. The van der Waals surface area contributed by atoms with Gasteiger partial charge in [-0.3, -0.25) is 24.5 Å². The largest absolute Gasteiger partial charge is 0.297 e. The summed E-state index contributed by atoms with van der Waals surface area (Å²) in [5.41, 5.74) is 0.475. The number of benzene rings is 5. The SMILES string of the molecule is O=C1[C@@H]2[C@@H](C(=O)N1c1ccccc1[N+](=O)[O-])[C@@]1(c3ccccc3)C(=O)[C@@]2(c2ccccc2)C(c2ccccc2)=C1c1ccccc1. The summed E-state index contributed by atoms with van der Waals surface area (Å²) in [7, 11) is 0. The Hall–Kier alpha value is -5.95. The van der Waals surface area contributed by atoms with E-state index in [0.29, 0.717) is 22.3 Å². The highest BCUT2D eigenvalue weighted by molar-refractivity contribution is 6.39. The fraction of sp³-hybridized carbons (Fsp3) is 0.103. The Kier molecular flexibility index (Phi) is 6.02. The highest BCUT2D eigenvalue weighted by Crippen LogP contribution is 2.74. The number of rotatable bonds is 6. The van der Waals surface area contributed by atoms with Gasteiger partial charge in [0.05, 0.1) is 27.6 Å². The van der Waals surface area contributed by atoms with Crippen molar-refractivity contribution in [3.63, 3.8) is 0 Å². The summed E-state index contributed by atoms with van der Waals surface area (Å²) < 4.78 is 0. The molecular formula is C39H26N2O5. The van der Waals surface area contributed by atoms with Gasteiger partial charge in [-0.2, -0.15) is 0 Å². The van der Waals surface area contributed by atoms with E-state index in [0.717, 1.165) is 16.0 Å². The van der Waals surface area contributed by atoms with Gasteiger partial charge < -0.3 is 0 Å². The van der Waals surface area contributed by atoms with Crippen LogP contribution in [-0.4, -0.2) is 22.5 Å². The minimum absolute atomic E-state index is 0.0994. The fourth-order valence-corrected chi connectivity index (χ4v) is 8.38. The van der Waals surface area contributed by atoms with Gasteiger partial charge in [-0.15, -0.1) is 0 Å². The monoisotopic (exact) mass is 602 g/mol. The van der Waals surface area contributed by atoms with Crippen LogP contribution in [0.3, 0.4) is 0 Å². The Morgan fingerprint density at radius 3 is 1.30 bits per heavy atom. The zero-order valence-corrected chi connectivity index (χ0v) is 24.4. The van der Waals surface area contributed by atoms with Gasteiger partial charge in [0.1, 0.15) is 5.69 Å². The van der Waals surface area contributed by atoms with Gasteiger partial charge in [0.25, 0.3) is 5.69 Å². The number of amides is 2. The van der Waals surface area contributed by atoms with Gasteiger partial charge in [0.15, 0.2) is 5.78 Å². The highest BCUT2D eigenvalue weighted by Gasteiger charge is 2.83. The molecule has 7 heteroatoms. The van der Waals surface area contributed by atoms with Crippen molar-refractivity contribution in [2.75, 3.05) is 4.90 Å². The Morgan fingerprint density at radius 1 is 0.522 bits per heavy atom. The van der Waals surface area contributed by atoms with E-state index in [1.54, 1.807) is 6.07 Å². The molecule has 1 heterocycles. The first-order chi connectivity index (χ1) is 22.4. The van der Waals surface area contributed by atoms with Crippen molar-refractivity contribution < 1.29 is 19.3 Å². The molecule has 2 bridgehead atoms. The minimum atomic E-state index is -1.57. The Balaban J connectivity index is 1.55. The van der Waals surface area contributed by atoms with Crippen LogP contribution >= 0.6 is 0 Å². The lowest BCUT2D eigenvalue weighted by Crippen LogP contribution is -2.45. The van der Waals surface area contributed by atoms with Crippen molar-refractivity contribution in [3.8, 4) is 0 Å². The van der Waals surface area contributed by atoms with E-state index in [2.05, 4.69) is 0 Å². The maximum atomic E-state index is 15.8. The number of Topliss-reactive ketones (excluding diaryl/α,β-unsaturated/α-hetero) is 1. The molecule has 222 valence electrons. The standard InChI is InChI=1S/C39H26N2O5/c42-35-33-34(36(43)40(35)29-23-13-14-24-30(29)41(45)46)39(28-21-11-4-12-22-28)32(26-17-7-2-8-18-26)31(25-15-5-1-6-16-25)38(33,37(39)44)27-19-9-3-10-20-27/h1-24,33-34H/t33-,34-,38-,39-/m0/s1. The smallest absolute Gasteiger partial charge is 0.293 e. The highest BCUT2D eigenvalue weighted by atomic mass is 16.6. The van der Waals surface area contributed by atoms with Crippen LogP contribution in [0.4, 0.5) is 11.4 Å². The van der Waals surface area contributed by atoms with E-state index in [9.17, 15) is 19.7 Å². The minimum Gasteiger partial charge on any atom is -0.297 e. The second kappa shape index (κ2) is 10.0. The van der Waals surface area contributed by atoms with Crippen LogP contribution in [0.5, 0.6) is 0 Å². The normalized spacial score (nSPS) is 24.9. The number of para-hydroxylation sites is 2. The molecule has 46 heavy (non-hydrogen) atoms. The molecule has 0 aromatic heterocycles. The molecule has 1 saturated heterocycles. The molecule has 5 aromatic carbocycles. The van der Waals surface area contributed by atoms with Crippen LogP contribution < -0.4 is 4.90 Å². The van der Waals surface area contributed by atoms with Gasteiger partial charge in [0, 0.05) is 6.07 Å². The summed E-state index contributed by atoms with van der Waals surface area (Å²) in [6.45, 7) is 0. The third-order valence-corrected chi connectivity index (χ3v) is 9.90. The summed E-state index contributed by atoms with van der Waals surface area (Å²) in [6.07, 6.45) is 0. The first-order valence-electron chi connectivity index (χ1n) is 15.1. The summed E-state index contributed by atoms with van der Waals surface area (Å²) >= 11 is 0. The number of allylic oxidation sites excluding steroid dienone is 2. The van der Waals surface area contributed by atoms with Gasteiger partial charge in [-0.25, -0.2) is 4.90 Å². The number of hydrogen-bond donors (Lipinski definition) is 0. The number of ketones is 1. The van der Waals surface area contributed by atoms with Gasteiger partial charge >= 0.3 is 0 Å². The van der Waals surface area contributed by atoms with Gasteiger partial charge in [-0.1, -0.05) is 133 Å². The van der Waals surface area contributed by atoms with Gasteiger partial charge in [0.2, 0.25) is 11.8 Å². The van der Waals surface area contributed by atoms with E-state index in [-0.39, 0.29) is 17.2 Å². The number of carbonyl (C=O) groups is 3. The number of nitro benzene ring substituents is 1. The fourth-order valence-electron chi connectivity index (χ4n) is 8.38. The van der Waals surface area contributed by atoms with Crippen LogP contribution in [0.15, 0.2) is 146 Å². The van der Waals surface area contributed by atoms with E-state index in [1.807, 2.05) is 121 Å². The zero-order valence-electron chi connectivity index (χ0n) is 24.4. The lowest BCUT2D eigenvalue weighted by atomic mass is 9.59. The van der Waals surface area contributed by atoms with E-state index >= 15 is 4.79 Å². The third kappa shape index (κ3) is 3.34. The summed E-state index contributed by atoms with van der Waals surface area (Å²) in [5.74, 6) is -3.80. The Morgan fingerprint density at radius 2 is 0.891 bits per heavy atom. The Bertz CT molecular complexity index is 1980. The van der Waals surface area contributed by atoms with Crippen LogP contribution in [0.2, 0.25) is 0 Å². The molecule has 3 aliphatic rings. The molecule has 7 nitrogen and oxygen atoms in total. The summed E-state index contributed by atoms with van der Waals surface area (Å²) in [4.78, 5) is 58.3. The van der Waals surface area contributed by atoms with Crippen molar-refractivity contribution in [1.29, 1.82) is 0 Å². The number of carbonyl (C=O) groups excluding carboxylic acids is 3. The number of nitrogens with zero attached hydrogens (tertiary/aromatic N) is 2. The van der Waals surface area contributed by atoms with Crippen molar-refractivity contribution in [2.24, 2.45) is 11.8 Å². The van der Waals surface area contributed by atoms with E-state index in [4.69, 9.17) is 0 Å². The number of fused-ring (bicyclic) bond motifs is 5. The van der Waals surface area contributed by atoms with Crippen LogP contribution in [0.25, 0.3) is 11.1 Å². The molecule has 2 amide bonds. The van der Waals surface area contributed by atoms with Crippen molar-refractivity contribution in [2.45, 2.75) is 10.8 Å². The molecule has 1 aliphatic heterocycles. The van der Waals surface area contributed by atoms with Crippen LogP contribution in [0.1, 0.15) is 22.3 Å². The maximum absolute atomic E-state index is 15.8. The molecular weight excluding hydrogens is 576 g/mol. The lowest BCUT2D eigenvalue weighted by molar-refractivity contribution is -0.384. The molecule has 2 fully saturated rings. The second-order valence-corrected chi connectivity index (χ2v) is 11.9. The predicted octanol–water partition coefficient (Wildman–Crippen LogP) is 6.78. The molecule has 4 atom stereocenters. The quantitative estimate of drug-likeness (QED) is 0.121. The summed E-state index contributed by atoms with van der Waals surface area (Å²) in [5, 5.41) is 12.2. The first-order valence-corrected chi connectivity index (χ1v) is 15.1.